The Kier molecular flexibility index (Phi) is 7.60. The zero-order valence-corrected chi connectivity index (χ0v) is 30.8. The normalized spacial score (nSPS) is 13.5. The molecule has 0 N–H and O–H groups in total. The highest BCUT2D eigenvalue weighted by Gasteiger charge is 2.41. The molecule has 0 bridgehead atoms. The third-order valence-corrected chi connectivity index (χ3v) is 11.6. The lowest BCUT2D eigenvalue weighted by Gasteiger charge is -2.20. The molecule has 0 unspecified atom stereocenters. The molecule has 0 fully saturated rings. The highest BCUT2D eigenvalue weighted by molar-refractivity contribution is 6.40. The molecular formula is C56H36. The van der Waals surface area contributed by atoms with E-state index in [9.17, 15) is 0 Å². The molecule has 11 rings (SSSR count). The second kappa shape index (κ2) is 13.2. The van der Waals surface area contributed by atoms with E-state index >= 15 is 0 Å². The van der Waals surface area contributed by atoms with Crippen molar-refractivity contribution in [1.29, 1.82) is 0 Å². The Morgan fingerprint density at radius 2 is 0.518 bits per heavy atom. The Hall–Kier alpha value is -7.28. The predicted molar refractivity (Wildman–Crippen MR) is 238 cm³/mol. The van der Waals surface area contributed by atoms with Gasteiger partial charge >= 0.3 is 0 Å². The molecule has 2 aliphatic rings. The van der Waals surface area contributed by atoms with Crippen LogP contribution in [0.25, 0.3) is 71.7 Å². The molecule has 0 spiro atoms. The maximum absolute atomic E-state index is 2.50. The zero-order valence-electron chi connectivity index (χ0n) is 30.8. The summed E-state index contributed by atoms with van der Waals surface area (Å²) in [6.07, 6.45) is 0. The van der Waals surface area contributed by atoms with E-state index in [1.54, 1.807) is 0 Å². The van der Waals surface area contributed by atoms with Gasteiger partial charge in [0, 0.05) is 0 Å². The smallest absolute Gasteiger partial charge is 0.000115 e. The van der Waals surface area contributed by atoms with E-state index in [4.69, 9.17) is 0 Å². The second-order valence-corrected chi connectivity index (χ2v) is 14.7. The maximum atomic E-state index is 2.50. The van der Waals surface area contributed by atoms with Crippen molar-refractivity contribution in [3.05, 3.63) is 257 Å². The molecule has 56 heavy (non-hydrogen) atoms. The van der Waals surface area contributed by atoms with Gasteiger partial charge in [0.1, 0.15) is 0 Å². The minimum Gasteiger partial charge on any atom is -0.0622 e. The lowest BCUT2D eigenvalue weighted by Crippen LogP contribution is -1.98. The third-order valence-electron chi connectivity index (χ3n) is 11.6. The van der Waals surface area contributed by atoms with Gasteiger partial charge in [0.25, 0.3) is 0 Å². The van der Waals surface area contributed by atoms with Gasteiger partial charge in [-0.05, 0) is 123 Å². The van der Waals surface area contributed by atoms with Crippen LogP contribution in [0, 0.1) is 0 Å². The Morgan fingerprint density at radius 3 is 1.00 bits per heavy atom. The van der Waals surface area contributed by atoms with Gasteiger partial charge < -0.3 is 0 Å². The van der Waals surface area contributed by atoms with Crippen LogP contribution in [0.4, 0.5) is 0 Å². The van der Waals surface area contributed by atoms with Crippen molar-refractivity contribution in [2.45, 2.75) is 0 Å². The van der Waals surface area contributed by atoms with E-state index in [1.807, 2.05) is 0 Å². The summed E-state index contributed by atoms with van der Waals surface area (Å²) in [5, 5.41) is 4.98. The molecule has 0 aromatic heterocycles. The fraction of sp³-hybridized carbons (Fsp3) is 0. The van der Waals surface area contributed by atoms with Crippen molar-refractivity contribution in [1.82, 2.24) is 0 Å². The van der Waals surface area contributed by atoms with Crippen LogP contribution in [0.15, 0.2) is 224 Å². The number of rotatable bonds is 6. The SMILES string of the molecule is c1ccc(C2=C(c3ccccc3)C(c3cccc4ccccc34)=C3C2=C(c2cccc4ccccc24)c2cc(-c4ccccc4)c(-c4ccccc4)cc23)cc1. The highest BCUT2D eigenvalue weighted by Crippen LogP contribution is 2.63. The minimum absolute atomic E-state index is 1.21. The molecule has 0 aliphatic heterocycles. The molecular weight excluding hydrogens is 673 g/mol. The van der Waals surface area contributed by atoms with Gasteiger partial charge in [-0.25, -0.2) is 0 Å². The van der Waals surface area contributed by atoms with Crippen molar-refractivity contribution < 1.29 is 0 Å². The molecule has 0 heterocycles. The Morgan fingerprint density at radius 1 is 0.179 bits per heavy atom. The summed E-state index contributed by atoms with van der Waals surface area (Å²) in [7, 11) is 0. The molecule has 9 aromatic carbocycles. The van der Waals surface area contributed by atoms with Crippen LogP contribution in [-0.2, 0) is 0 Å². The number of benzene rings is 9. The summed E-state index contributed by atoms with van der Waals surface area (Å²) in [6, 6.07) is 80.3. The van der Waals surface area contributed by atoms with Crippen LogP contribution in [0.1, 0.15) is 33.4 Å². The zero-order chi connectivity index (χ0) is 37.0. The molecule has 0 saturated heterocycles. The second-order valence-electron chi connectivity index (χ2n) is 14.7. The first-order valence-electron chi connectivity index (χ1n) is 19.4. The van der Waals surface area contributed by atoms with Crippen molar-refractivity contribution in [2.75, 3.05) is 0 Å². The Labute approximate surface area is 327 Å². The van der Waals surface area contributed by atoms with E-state index in [0.717, 1.165) is 0 Å². The summed E-state index contributed by atoms with van der Waals surface area (Å²) < 4.78 is 0. The summed E-state index contributed by atoms with van der Waals surface area (Å²) in [5.41, 5.74) is 20.1. The number of fused-ring (bicyclic) bond motifs is 5. The van der Waals surface area contributed by atoms with E-state index in [1.165, 1.54) is 111 Å². The van der Waals surface area contributed by atoms with Gasteiger partial charge in [-0.2, -0.15) is 0 Å². The van der Waals surface area contributed by atoms with Gasteiger partial charge in [-0.3, -0.25) is 0 Å². The molecule has 0 atom stereocenters. The molecule has 2 aliphatic carbocycles. The summed E-state index contributed by atoms with van der Waals surface area (Å²) in [6.45, 7) is 0. The van der Waals surface area contributed by atoms with Crippen LogP contribution in [0.5, 0.6) is 0 Å². The molecule has 0 amide bonds. The van der Waals surface area contributed by atoms with Crippen LogP contribution < -0.4 is 0 Å². The first kappa shape index (κ1) is 32.2. The monoisotopic (exact) mass is 708 g/mol. The largest absolute Gasteiger partial charge is 0.0622 e. The molecule has 9 aromatic rings. The average molecular weight is 709 g/mol. The van der Waals surface area contributed by atoms with E-state index in [0.29, 0.717) is 0 Å². The topological polar surface area (TPSA) is 0 Å². The first-order chi connectivity index (χ1) is 27.8. The number of hydrogen-bond acceptors (Lipinski definition) is 0. The lowest BCUT2D eigenvalue weighted by molar-refractivity contribution is 1.53. The molecule has 0 heteroatoms. The van der Waals surface area contributed by atoms with Gasteiger partial charge in [0.15, 0.2) is 0 Å². The predicted octanol–water partition coefficient (Wildman–Crippen LogP) is 14.7. The van der Waals surface area contributed by atoms with Gasteiger partial charge in [-0.1, -0.05) is 206 Å². The molecule has 0 nitrogen and oxygen atoms in total. The molecule has 260 valence electrons. The maximum Gasteiger partial charge on any atom is -0.000115 e. The van der Waals surface area contributed by atoms with E-state index in [-0.39, 0.29) is 0 Å². The van der Waals surface area contributed by atoms with Crippen LogP contribution >= 0.6 is 0 Å². The minimum atomic E-state index is 1.21. The van der Waals surface area contributed by atoms with Gasteiger partial charge in [-0.15, -0.1) is 0 Å². The van der Waals surface area contributed by atoms with Gasteiger partial charge in [0.2, 0.25) is 0 Å². The quantitative estimate of drug-likeness (QED) is 0.161. The number of allylic oxidation sites excluding steroid dienone is 5. The van der Waals surface area contributed by atoms with Gasteiger partial charge in [0.05, 0.1) is 0 Å². The summed E-state index contributed by atoms with van der Waals surface area (Å²) >= 11 is 0. The Balaban J connectivity index is 1.38. The van der Waals surface area contributed by atoms with E-state index in [2.05, 4.69) is 218 Å². The first-order valence-corrected chi connectivity index (χ1v) is 19.4. The van der Waals surface area contributed by atoms with Crippen molar-refractivity contribution in [2.24, 2.45) is 0 Å². The van der Waals surface area contributed by atoms with E-state index < -0.39 is 0 Å². The standard InChI is InChI=1S/C56H36/c1-5-19-39(20-6-1)47-35-49-50(36-48(47)40-21-7-2-8-22-40)55-54(46-34-18-30-38-24-14-16-32-44(38)46)51(41-25-9-3-10-26-41)52(42-27-11-4-12-28-42)56(55)53(49)45-33-17-29-37-23-13-15-31-43(37)45/h1-36H. The van der Waals surface area contributed by atoms with Crippen molar-refractivity contribution in [3.63, 3.8) is 0 Å². The van der Waals surface area contributed by atoms with Crippen molar-refractivity contribution in [3.8, 4) is 22.3 Å². The fourth-order valence-corrected chi connectivity index (χ4v) is 9.23. The molecule has 0 saturated carbocycles. The van der Waals surface area contributed by atoms with Crippen LogP contribution in [-0.4, -0.2) is 0 Å². The Bertz CT molecular complexity index is 3060. The van der Waals surface area contributed by atoms with Crippen LogP contribution in [0.3, 0.4) is 0 Å². The highest BCUT2D eigenvalue weighted by atomic mass is 14.4. The number of hydrogen-bond donors (Lipinski definition) is 0. The van der Waals surface area contributed by atoms with Crippen molar-refractivity contribution >= 4 is 49.4 Å². The van der Waals surface area contributed by atoms with Crippen LogP contribution in [0.2, 0.25) is 0 Å². The average Bonchev–Trinajstić information content (AvgIpc) is 3.79. The summed E-state index contributed by atoms with van der Waals surface area (Å²) in [4.78, 5) is 0. The lowest BCUT2D eigenvalue weighted by atomic mass is 9.83. The third kappa shape index (κ3) is 5.08. The fourth-order valence-electron chi connectivity index (χ4n) is 9.23. The molecule has 0 radical (unpaired) electrons. The summed E-state index contributed by atoms with van der Waals surface area (Å²) in [5.74, 6) is 0.